The van der Waals surface area contributed by atoms with E-state index >= 15 is 0 Å². The van der Waals surface area contributed by atoms with Gasteiger partial charge in [0.25, 0.3) is 0 Å². The Kier molecular flexibility index (Phi) is 16.2. The van der Waals surface area contributed by atoms with Gasteiger partial charge in [0.2, 0.25) is 0 Å². The summed E-state index contributed by atoms with van der Waals surface area (Å²) in [6.07, 6.45) is 0. The monoisotopic (exact) mass is 1310 g/mol. The first-order valence-electron chi connectivity index (χ1n) is 35.2. The van der Waals surface area contributed by atoms with Crippen LogP contribution in [0.2, 0.25) is 0 Å². The molecule has 0 fully saturated rings. The largest absolute Gasteiger partial charge is 0.345 e. The van der Waals surface area contributed by atoms with Gasteiger partial charge in [-0.25, -0.2) is 0 Å². The molecular formula is C96H76N6. The molecule has 102 heavy (non-hydrogen) atoms. The lowest BCUT2D eigenvalue weighted by Gasteiger charge is -2.25. The SMILES string of the molecule is CN(c1ccc2c(c1)C(C)(C)c1ccccc1-2)c1ccc2c(c1)c1ccccc1n2-c1ccccc1.CN(c1ccc2c(c1)c1ccccc1n2-c1ccccc1)c1ccccc1-c1ccccc1.CN(c1cccc(-c2ccccc2)c1)c1ccc2c(c1)c1ccccc1n2-c1ccccc1. The maximum absolute atomic E-state index is 2.38. The van der Waals surface area contributed by atoms with Crippen molar-refractivity contribution < 1.29 is 0 Å². The summed E-state index contributed by atoms with van der Waals surface area (Å²) in [6.45, 7) is 4.68. The topological polar surface area (TPSA) is 24.5 Å². The van der Waals surface area contributed by atoms with Gasteiger partial charge in [0.1, 0.15) is 0 Å². The molecule has 15 aromatic carbocycles. The minimum Gasteiger partial charge on any atom is -0.345 e. The van der Waals surface area contributed by atoms with Crippen molar-refractivity contribution in [3.05, 3.63) is 381 Å². The second-order valence-corrected chi connectivity index (χ2v) is 27.0. The zero-order valence-electron chi connectivity index (χ0n) is 57.9. The summed E-state index contributed by atoms with van der Waals surface area (Å²) in [5.41, 5.74) is 28.4. The molecule has 0 atom stereocenters. The highest BCUT2D eigenvalue weighted by atomic mass is 15.1. The third-order valence-corrected chi connectivity index (χ3v) is 20.8. The van der Waals surface area contributed by atoms with E-state index in [1.54, 1.807) is 0 Å². The van der Waals surface area contributed by atoms with E-state index < -0.39 is 0 Å². The molecule has 6 heteroatoms. The fourth-order valence-electron chi connectivity index (χ4n) is 15.6. The van der Waals surface area contributed by atoms with Gasteiger partial charge in [-0.2, -0.15) is 0 Å². The number of benzene rings is 15. The summed E-state index contributed by atoms with van der Waals surface area (Å²) < 4.78 is 7.07. The Hall–Kier alpha value is -12.9. The van der Waals surface area contributed by atoms with Gasteiger partial charge in [-0.15, -0.1) is 0 Å². The fourth-order valence-corrected chi connectivity index (χ4v) is 15.6. The number of rotatable bonds is 11. The Bertz CT molecular complexity index is 6090. The molecule has 0 unspecified atom stereocenters. The van der Waals surface area contributed by atoms with E-state index in [1.165, 1.54) is 161 Å². The molecule has 1 aliphatic carbocycles. The number of para-hydroxylation sites is 7. The van der Waals surface area contributed by atoms with Gasteiger partial charge in [-0.3, -0.25) is 0 Å². The molecule has 490 valence electrons. The highest BCUT2D eigenvalue weighted by Gasteiger charge is 2.35. The van der Waals surface area contributed by atoms with Crippen molar-refractivity contribution in [3.8, 4) is 50.4 Å². The molecule has 0 spiro atoms. The summed E-state index contributed by atoms with van der Waals surface area (Å²) in [4.78, 5) is 6.87. The summed E-state index contributed by atoms with van der Waals surface area (Å²) >= 11 is 0. The number of hydrogen-bond donors (Lipinski definition) is 0. The molecule has 0 saturated heterocycles. The molecule has 18 aromatic rings. The fraction of sp³-hybridized carbons (Fsp3) is 0.0625. The van der Waals surface area contributed by atoms with E-state index in [4.69, 9.17) is 0 Å². The molecule has 0 bridgehead atoms. The van der Waals surface area contributed by atoms with Gasteiger partial charge in [0, 0.05) is 116 Å². The number of hydrogen-bond acceptors (Lipinski definition) is 3. The molecule has 3 aromatic heterocycles. The zero-order valence-corrected chi connectivity index (χ0v) is 57.9. The van der Waals surface area contributed by atoms with Crippen molar-refractivity contribution >= 4 is 99.5 Å². The van der Waals surface area contributed by atoms with Crippen LogP contribution in [0.15, 0.2) is 370 Å². The molecule has 0 aliphatic heterocycles. The van der Waals surface area contributed by atoms with Gasteiger partial charge in [0.15, 0.2) is 0 Å². The van der Waals surface area contributed by atoms with Crippen LogP contribution in [-0.4, -0.2) is 34.8 Å². The molecule has 0 radical (unpaired) electrons. The van der Waals surface area contributed by atoms with Crippen LogP contribution < -0.4 is 14.7 Å². The molecule has 0 amide bonds. The van der Waals surface area contributed by atoms with Crippen molar-refractivity contribution in [2.24, 2.45) is 0 Å². The second kappa shape index (κ2) is 26.4. The quantitative estimate of drug-likeness (QED) is 0.129. The number of aromatic nitrogens is 3. The second-order valence-electron chi connectivity index (χ2n) is 27.0. The smallest absolute Gasteiger partial charge is 0.0542 e. The first kappa shape index (κ1) is 62.6. The van der Waals surface area contributed by atoms with Crippen LogP contribution in [-0.2, 0) is 5.41 Å². The van der Waals surface area contributed by atoms with Gasteiger partial charge >= 0.3 is 0 Å². The lowest BCUT2D eigenvalue weighted by Crippen LogP contribution is -2.16. The summed E-state index contributed by atoms with van der Waals surface area (Å²) in [6, 6.07) is 132. The summed E-state index contributed by atoms with van der Waals surface area (Å²) in [7, 11) is 6.47. The van der Waals surface area contributed by atoms with Crippen LogP contribution in [0.4, 0.5) is 34.1 Å². The van der Waals surface area contributed by atoms with Gasteiger partial charge in [-0.05, 0) is 178 Å². The van der Waals surface area contributed by atoms with E-state index in [0.717, 1.165) is 0 Å². The first-order valence-corrected chi connectivity index (χ1v) is 35.2. The van der Waals surface area contributed by atoms with Crippen molar-refractivity contribution in [1.29, 1.82) is 0 Å². The maximum atomic E-state index is 2.38. The predicted octanol–water partition coefficient (Wildman–Crippen LogP) is 25.3. The Balaban J connectivity index is 0.000000114. The number of nitrogens with zero attached hydrogens (tertiary/aromatic N) is 6. The lowest BCUT2D eigenvalue weighted by atomic mass is 9.82. The van der Waals surface area contributed by atoms with E-state index in [-0.39, 0.29) is 5.41 Å². The van der Waals surface area contributed by atoms with Crippen molar-refractivity contribution in [3.63, 3.8) is 0 Å². The molecule has 19 rings (SSSR count). The Morgan fingerprint density at radius 1 is 0.216 bits per heavy atom. The Morgan fingerprint density at radius 2 is 0.549 bits per heavy atom. The average Bonchev–Trinajstić information content (AvgIpc) is 1.60. The van der Waals surface area contributed by atoms with E-state index in [1.807, 2.05) is 0 Å². The number of anilines is 6. The predicted molar refractivity (Wildman–Crippen MR) is 434 cm³/mol. The minimum atomic E-state index is -0.00413. The lowest BCUT2D eigenvalue weighted by molar-refractivity contribution is 0.660. The van der Waals surface area contributed by atoms with E-state index in [2.05, 4.69) is 433 Å². The highest BCUT2D eigenvalue weighted by molar-refractivity contribution is 6.13. The zero-order chi connectivity index (χ0) is 68.8. The van der Waals surface area contributed by atoms with Crippen LogP contribution >= 0.6 is 0 Å². The molecule has 0 saturated carbocycles. The molecule has 6 nitrogen and oxygen atoms in total. The van der Waals surface area contributed by atoms with Crippen LogP contribution in [0.25, 0.3) is 116 Å². The molecule has 0 N–H and O–H groups in total. The van der Waals surface area contributed by atoms with Crippen LogP contribution in [0.5, 0.6) is 0 Å². The normalized spacial score (nSPS) is 12.0. The van der Waals surface area contributed by atoms with Crippen LogP contribution in [0, 0.1) is 0 Å². The molecule has 1 aliphatic rings. The van der Waals surface area contributed by atoms with Crippen molar-refractivity contribution in [2.75, 3.05) is 35.8 Å². The molecule has 3 heterocycles. The number of fused-ring (bicyclic) bond motifs is 12. The van der Waals surface area contributed by atoms with Crippen molar-refractivity contribution in [2.45, 2.75) is 19.3 Å². The third-order valence-electron chi connectivity index (χ3n) is 20.8. The van der Waals surface area contributed by atoms with Crippen molar-refractivity contribution in [1.82, 2.24) is 13.7 Å². The average molecular weight is 1310 g/mol. The van der Waals surface area contributed by atoms with Gasteiger partial charge < -0.3 is 28.4 Å². The van der Waals surface area contributed by atoms with Crippen LogP contribution in [0.3, 0.4) is 0 Å². The van der Waals surface area contributed by atoms with E-state index in [0.29, 0.717) is 0 Å². The van der Waals surface area contributed by atoms with Gasteiger partial charge in [0.05, 0.1) is 33.1 Å². The standard InChI is InChI=1S/C34H28N2.2C31H24N2/c1-34(2)30-15-9-7-13-26(30)27-19-17-25(22-31(27)34)35(3)24-18-20-33-29(21-24)28-14-8-10-16-32(28)36(33)23-11-5-4-6-12-23;1-32(29-18-10-8-16-26(29)23-12-4-2-5-13-23)25-20-21-31-28(22-25)27-17-9-11-19-30(27)33(31)24-14-6-3-7-15-24;1-32(26-16-10-13-24(21-26)23-11-4-2-5-12-23)27-19-20-31-29(22-27)28-17-8-9-18-30(28)33(31)25-14-6-3-7-15-25/h4-22H,1-3H3;2*2-22H,1H3. The minimum absolute atomic E-state index is 0.00413. The summed E-state index contributed by atoms with van der Waals surface area (Å²) in [5, 5.41) is 7.60. The third kappa shape index (κ3) is 11.2. The van der Waals surface area contributed by atoms with Gasteiger partial charge in [-0.1, -0.05) is 244 Å². The Labute approximate surface area is 596 Å². The maximum Gasteiger partial charge on any atom is 0.0542 e. The first-order chi connectivity index (χ1) is 50.1. The van der Waals surface area contributed by atoms with Crippen LogP contribution in [0.1, 0.15) is 25.0 Å². The highest BCUT2D eigenvalue weighted by Crippen LogP contribution is 2.50. The Morgan fingerprint density at radius 3 is 1.03 bits per heavy atom. The van der Waals surface area contributed by atoms with E-state index in [9.17, 15) is 0 Å². The molecular weight excluding hydrogens is 1240 g/mol. The summed E-state index contributed by atoms with van der Waals surface area (Å²) in [5.74, 6) is 0.